The van der Waals surface area contributed by atoms with Gasteiger partial charge in [0.1, 0.15) is 0 Å². The number of piperazine rings is 1. The van der Waals surface area contributed by atoms with Crippen molar-refractivity contribution in [1.29, 1.82) is 0 Å². The van der Waals surface area contributed by atoms with E-state index in [-0.39, 0.29) is 0 Å². The topological polar surface area (TPSA) is 32.5 Å². The SMILES string of the molecule is CC(C)CN1CCN(C2CCC(C)(C)C2N)CC1. The van der Waals surface area contributed by atoms with Gasteiger partial charge in [0.15, 0.2) is 0 Å². The normalized spacial score (nSPS) is 34.3. The second-order valence-electron chi connectivity index (χ2n) is 7.35. The van der Waals surface area contributed by atoms with Crippen LogP contribution >= 0.6 is 0 Å². The maximum absolute atomic E-state index is 6.45. The standard InChI is InChI=1S/C15H31N3/c1-12(2)11-17-7-9-18(10-8-17)13-5-6-15(3,4)14(13)16/h12-14H,5-11,16H2,1-4H3. The molecule has 2 rings (SSSR count). The van der Waals surface area contributed by atoms with Crippen LogP contribution in [0.3, 0.4) is 0 Å². The Balaban J connectivity index is 1.83. The second-order valence-corrected chi connectivity index (χ2v) is 7.35. The fourth-order valence-electron chi connectivity index (χ4n) is 3.59. The molecule has 2 aliphatic rings. The fraction of sp³-hybridized carbons (Fsp3) is 1.00. The fourth-order valence-corrected chi connectivity index (χ4v) is 3.59. The van der Waals surface area contributed by atoms with Gasteiger partial charge >= 0.3 is 0 Å². The van der Waals surface area contributed by atoms with Crippen LogP contribution in [0.25, 0.3) is 0 Å². The Morgan fingerprint density at radius 3 is 2.22 bits per heavy atom. The van der Waals surface area contributed by atoms with Crippen LogP contribution in [0.5, 0.6) is 0 Å². The van der Waals surface area contributed by atoms with E-state index in [9.17, 15) is 0 Å². The lowest BCUT2D eigenvalue weighted by atomic mass is 9.87. The highest BCUT2D eigenvalue weighted by Gasteiger charge is 2.42. The summed E-state index contributed by atoms with van der Waals surface area (Å²) in [7, 11) is 0. The minimum absolute atomic E-state index is 0.333. The average Bonchev–Trinajstić information content (AvgIpc) is 2.55. The van der Waals surface area contributed by atoms with E-state index in [1.165, 1.54) is 45.6 Å². The zero-order chi connectivity index (χ0) is 13.3. The first-order valence-electron chi connectivity index (χ1n) is 7.62. The highest BCUT2D eigenvalue weighted by atomic mass is 15.3. The Kier molecular flexibility index (Phi) is 4.35. The van der Waals surface area contributed by atoms with Crippen LogP contribution in [0.15, 0.2) is 0 Å². The summed E-state index contributed by atoms with van der Waals surface area (Å²) in [6, 6.07) is 0.982. The monoisotopic (exact) mass is 253 g/mol. The van der Waals surface area contributed by atoms with Crippen molar-refractivity contribution in [1.82, 2.24) is 9.80 Å². The summed E-state index contributed by atoms with van der Waals surface area (Å²) >= 11 is 0. The summed E-state index contributed by atoms with van der Waals surface area (Å²) in [5, 5.41) is 0. The number of hydrogen-bond donors (Lipinski definition) is 1. The predicted octanol–water partition coefficient (Wildman–Crippen LogP) is 1.78. The summed E-state index contributed by atoms with van der Waals surface area (Å²) in [5.41, 5.74) is 6.78. The quantitative estimate of drug-likeness (QED) is 0.832. The van der Waals surface area contributed by atoms with Crippen LogP contribution in [0.1, 0.15) is 40.5 Å². The third-order valence-electron chi connectivity index (χ3n) is 4.90. The maximum Gasteiger partial charge on any atom is 0.0253 e. The van der Waals surface area contributed by atoms with Gasteiger partial charge in [-0.15, -0.1) is 0 Å². The van der Waals surface area contributed by atoms with Crippen molar-refractivity contribution in [2.75, 3.05) is 32.7 Å². The predicted molar refractivity (Wildman–Crippen MR) is 77.6 cm³/mol. The van der Waals surface area contributed by atoms with Crippen LogP contribution in [0, 0.1) is 11.3 Å². The van der Waals surface area contributed by atoms with E-state index in [1.807, 2.05) is 0 Å². The minimum Gasteiger partial charge on any atom is -0.326 e. The lowest BCUT2D eigenvalue weighted by molar-refractivity contribution is 0.0787. The molecule has 1 heterocycles. The Morgan fingerprint density at radius 1 is 1.17 bits per heavy atom. The third-order valence-corrected chi connectivity index (χ3v) is 4.90. The molecule has 1 aliphatic carbocycles. The van der Waals surface area contributed by atoms with Gasteiger partial charge in [-0.25, -0.2) is 0 Å². The zero-order valence-corrected chi connectivity index (χ0v) is 12.7. The van der Waals surface area contributed by atoms with Gasteiger partial charge in [0.25, 0.3) is 0 Å². The summed E-state index contributed by atoms with van der Waals surface area (Å²) in [6.45, 7) is 15.4. The molecule has 2 N–H and O–H groups in total. The van der Waals surface area contributed by atoms with Crippen molar-refractivity contribution in [2.24, 2.45) is 17.1 Å². The molecule has 0 radical (unpaired) electrons. The van der Waals surface area contributed by atoms with E-state index in [0.717, 1.165) is 5.92 Å². The lowest BCUT2D eigenvalue weighted by Gasteiger charge is -2.41. The largest absolute Gasteiger partial charge is 0.326 e. The van der Waals surface area contributed by atoms with E-state index >= 15 is 0 Å². The van der Waals surface area contributed by atoms with Gasteiger partial charge in [-0.3, -0.25) is 4.90 Å². The molecule has 0 aromatic rings. The summed E-state index contributed by atoms with van der Waals surface area (Å²) in [6.07, 6.45) is 2.57. The second kappa shape index (κ2) is 5.48. The van der Waals surface area contributed by atoms with Gasteiger partial charge in [0.2, 0.25) is 0 Å². The third kappa shape index (κ3) is 3.06. The highest BCUT2D eigenvalue weighted by Crippen LogP contribution is 2.38. The number of rotatable bonds is 3. The molecule has 0 bridgehead atoms. The molecule has 2 unspecified atom stereocenters. The van der Waals surface area contributed by atoms with Gasteiger partial charge < -0.3 is 10.6 Å². The van der Waals surface area contributed by atoms with Gasteiger partial charge in [-0.2, -0.15) is 0 Å². The summed E-state index contributed by atoms with van der Waals surface area (Å²) in [4.78, 5) is 5.25. The van der Waals surface area contributed by atoms with E-state index in [0.29, 0.717) is 17.5 Å². The molecule has 0 aromatic heterocycles. The molecule has 0 aromatic carbocycles. The average molecular weight is 253 g/mol. The van der Waals surface area contributed by atoms with E-state index < -0.39 is 0 Å². The molecule has 106 valence electrons. The van der Waals surface area contributed by atoms with Crippen LogP contribution in [-0.2, 0) is 0 Å². The smallest absolute Gasteiger partial charge is 0.0253 e. The Bertz CT molecular complexity index is 267. The molecule has 1 saturated heterocycles. The molecule has 3 heteroatoms. The van der Waals surface area contributed by atoms with Crippen molar-refractivity contribution < 1.29 is 0 Å². The van der Waals surface area contributed by atoms with Gasteiger partial charge in [0.05, 0.1) is 0 Å². The first-order chi connectivity index (χ1) is 8.40. The van der Waals surface area contributed by atoms with Crippen LogP contribution < -0.4 is 5.73 Å². The van der Waals surface area contributed by atoms with Gasteiger partial charge in [-0.05, 0) is 24.2 Å². The molecule has 3 nitrogen and oxygen atoms in total. The number of nitrogens with zero attached hydrogens (tertiary/aromatic N) is 2. The van der Waals surface area contributed by atoms with E-state index in [1.54, 1.807) is 0 Å². The number of nitrogens with two attached hydrogens (primary N) is 1. The molecular weight excluding hydrogens is 222 g/mol. The molecule has 0 spiro atoms. The lowest BCUT2D eigenvalue weighted by Crippen LogP contribution is -2.56. The Morgan fingerprint density at radius 2 is 1.78 bits per heavy atom. The van der Waals surface area contributed by atoms with Crippen LogP contribution in [0.2, 0.25) is 0 Å². The molecule has 1 saturated carbocycles. The van der Waals surface area contributed by atoms with Crippen molar-refractivity contribution in [2.45, 2.75) is 52.6 Å². The van der Waals surface area contributed by atoms with E-state index in [2.05, 4.69) is 37.5 Å². The molecule has 1 aliphatic heterocycles. The molecule has 2 fully saturated rings. The Labute approximate surface area is 113 Å². The molecule has 2 atom stereocenters. The van der Waals surface area contributed by atoms with Crippen molar-refractivity contribution in [3.63, 3.8) is 0 Å². The van der Waals surface area contributed by atoms with Crippen molar-refractivity contribution in [3.05, 3.63) is 0 Å². The summed E-state index contributed by atoms with van der Waals surface area (Å²) in [5.74, 6) is 0.782. The highest BCUT2D eigenvalue weighted by molar-refractivity contribution is 5.00. The van der Waals surface area contributed by atoms with Crippen LogP contribution in [-0.4, -0.2) is 54.6 Å². The van der Waals surface area contributed by atoms with Crippen LogP contribution in [0.4, 0.5) is 0 Å². The molecule has 0 amide bonds. The summed E-state index contributed by atoms with van der Waals surface area (Å²) < 4.78 is 0. The van der Waals surface area contributed by atoms with Crippen molar-refractivity contribution in [3.8, 4) is 0 Å². The maximum atomic E-state index is 6.45. The molecular formula is C15H31N3. The number of hydrogen-bond acceptors (Lipinski definition) is 3. The van der Waals surface area contributed by atoms with E-state index in [4.69, 9.17) is 5.73 Å². The molecule has 18 heavy (non-hydrogen) atoms. The zero-order valence-electron chi connectivity index (χ0n) is 12.7. The first-order valence-corrected chi connectivity index (χ1v) is 7.62. The minimum atomic E-state index is 0.333. The van der Waals surface area contributed by atoms with Gasteiger partial charge in [0, 0.05) is 44.8 Å². The van der Waals surface area contributed by atoms with Gasteiger partial charge in [-0.1, -0.05) is 27.7 Å². The first kappa shape index (κ1) is 14.3. The Hall–Kier alpha value is -0.120. The van der Waals surface area contributed by atoms with Crippen molar-refractivity contribution >= 4 is 0 Å².